The molecular formula is C51H31N3. The maximum absolute atomic E-state index is 5.37. The second-order valence-corrected chi connectivity index (χ2v) is 14.4. The number of hydrogen-bond donors (Lipinski definition) is 0. The second-order valence-electron chi connectivity index (χ2n) is 14.4. The van der Waals surface area contributed by atoms with Gasteiger partial charge in [0, 0.05) is 49.4 Å². The molecule has 54 heavy (non-hydrogen) atoms. The number of fused-ring (bicyclic) bond motifs is 9. The predicted molar refractivity (Wildman–Crippen MR) is 226 cm³/mol. The Hall–Kier alpha value is -7.23. The van der Waals surface area contributed by atoms with Crippen LogP contribution in [0, 0.1) is 0 Å². The van der Waals surface area contributed by atoms with Gasteiger partial charge in [0.2, 0.25) is 0 Å². The molecule has 3 aromatic heterocycles. The standard InChI is InChI=1S/C51H31N3/c1-3-13-36(14-4-1)53-46-21-10-9-18-39(46)42-28-32(22-25-47(42)53)33-23-26-48-43(29-33)44-30-34(24-27-49(44)54(48)37-15-5-2-6-16-37)45-31-35-12-11-20-40-38-17-7-8-19-41(38)51(52-45)50(35)40/h1-31H. The lowest BCUT2D eigenvalue weighted by molar-refractivity contribution is 1.18. The molecule has 3 heteroatoms. The van der Waals surface area contributed by atoms with Gasteiger partial charge in [-0.15, -0.1) is 0 Å². The van der Waals surface area contributed by atoms with Gasteiger partial charge in [-0.25, -0.2) is 4.98 Å². The molecule has 11 aromatic rings. The molecule has 0 fully saturated rings. The number of hydrogen-bond acceptors (Lipinski definition) is 1. The fourth-order valence-electron chi connectivity index (χ4n) is 9.03. The van der Waals surface area contributed by atoms with E-state index in [2.05, 4.69) is 197 Å². The Morgan fingerprint density at radius 1 is 0.333 bits per heavy atom. The fraction of sp³-hybridized carbons (Fsp3) is 0. The normalized spacial score (nSPS) is 12.1. The topological polar surface area (TPSA) is 22.8 Å². The van der Waals surface area contributed by atoms with E-state index in [9.17, 15) is 0 Å². The number of aromatic nitrogens is 3. The lowest BCUT2D eigenvalue weighted by Crippen LogP contribution is -1.93. The average molecular weight is 686 g/mol. The molecule has 0 unspecified atom stereocenters. The van der Waals surface area contributed by atoms with E-state index in [4.69, 9.17) is 4.98 Å². The Morgan fingerprint density at radius 3 is 1.50 bits per heavy atom. The largest absolute Gasteiger partial charge is 0.309 e. The summed E-state index contributed by atoms with van der Waals surface area (Å²) >= 11 is 0. The number of rotatable bonds is 4. The first-order valence-electron chi connectivity index (χ1n) is 18.6. The van der Waals surface area contributed by atoms with Gasteiger partial charge in [-0.05, 0) is 100 Å². The zero-order valence-electron chi connectivity index (χ0n) is 29.2. The molecule has 12 rings (SSSR count). The van der Waals surface area contributed by atoms with Crippen LogP contribution in [0.25, 0.3) is 111 Å². The van der Waals surface area contributed by atoms with E-state index in [-0.39, 0.29) is 0 Å². The molecule has 0 atom stereocenters. The summed E-state index contributed by atoms with van der Waals surface area (Å²) in [7, 11) is 0. The summed E-state index contributed by atoms with van der Waals surface area (Å²) in [6.07, 6.45) is 0. The summed E-state index contributed by atoms with van der Waals surface area (Å²) < 4.78 is 4.77. The third kappa shape index (κ3) is 4.15. The van der Waals surface area contributed by atoms with Crippen molar-refractivity contribution < 1.29 is 0 Å². The molecule has 8 aromatic carbocycles. The summed E-state index contributed by atoms with van der Waals surface area (Å²) in [5.41, 5.74) is 16.4. The Kier molecular flexibility index (Phi) is 6.05. The van der Waals surface area contributed by atoms with Crippen molar-refractivity contribution in [3.63, 3.8) is 0 Å². The SMILES string of the molecule is c1ccc(-n2c3ccccc3c3cc(-c4ccc5c(c4)c4cc(-c6cc7cccc8c7c(n6)-c6ccccc6-8)ccc4n5-c4ccccc4)ccc32)cc1. The van der Waals surface area contributed by atoms with E-state index in [0.29, 0.717) is 0 Å². The molecule has 0 amide bonds. The maximum Gasteiger partial charge on any atom is 0.0800 e. The molecule has 3 nitrogen and oxygen atoms in total. The van der Waals surface area contributed by atoms with E-state index in [1.54, 1.807) is 0 Å². The molecule has 0 bridgehead atoms. The Bertz CT molecular complexity index is 3310. The van der Waals surface area contributed by atoms with Crippen LogP contribution in [-0.2, 0) is 0 Å². The first-order chi connectivity index (χ1) is 26.8. The highest BCUT2D eigenvalue weighted by Gasteiger charge is 2.24. The van der Waals surface area contributed by atoms with Crippen molar-refractivity contribution in [2.24, 2.45) is 0 Å². The van der Waals surface area contributed by atoms with Crippen molar-refractivity contribution >= 4 is 54.4 Å². The Labute approximate surface area is 311 Å². The molecular weight excluding hydrogens is 655 g/mol. The minimum absolute atomic E-state index is 0.991. The fourth-order valence-corrected chi connectivity index (χ4v) is 9.03. The molecule has 0 radical (unpaired) electrons. The molecule has 0 N–H and O–H groups in total. The Morgan fingerprint density at radius 2 is 0.833 bits per heavy atom. The van der Waals surface area contributed by atoms with Crippen molar-refractivity contribution in [3.8, 4) is 56.1 Å². The van der Waals surface area contributed by atoms with Crippen LogP contribution < -0.4 is 0 Å². The van der Waals surface area contributed by atoms with Gasteiger partial charge in [-0.3, -0.25) is 0 Å². The summed E-state index contributed by atoms with van der Waals surface area (Å²) in [6.45, 7) is 0. The monoisotopic (exact) mass is 685 g/mol. The minimum atomic E-state index is 0.991. The molecule has 0 saturated carbocycles. The summed E-state index contributed by atoms with van der Waals surface area (Å²) in [5, 5.41) is 7.41. The molecule has 0 spiro atoms. The van der Waals surface area contributed by atoms with Crippen molar-refractivity contribution in [3.05, 3.63) is 188 Å². The molecule has 1 aliphatic carbocycles. The summed E-state index contributed by atoms with van der Waals surface area (Å²) in [5.74, 6) is 0. The number of para-hydroxylation sites is 3. The smallest absolute Gasteiger partial charge is 0.0800 e. The summed E-state index contributed by atoms with van der Waals surface area (Å²) in [4.78, 5) is 5.37. The van der Waals surface area contributed by atoms with E-state index in [1.165, 1.54) is 87.9 Å². The first kappa shape index (κ1) is 29.4. The lowest BCUT2D eigenvalue weighted by atomic mass is 9.99. The second kappa shape index (κ2) is 11.1. The third-order valence-electron chi connectivity index (χ3n) is 11.4. The first-order valence-corrected chi connectivity index (χ1v) is 18.6. The molecule has 3 heterocycles. The van der Waals surface area contributed by atoms with Gasteiger partial charge >= 0.3 is 0 Å². The summed E-state index contributed by atoms with van der Waals surface area (Å²) in [6, 6.07) is 68.4. The molecule has 1 aliphatic rings. The van der Waals surface area contributed by atoms with Crippen molar-refractivity contribution in [1.82, 2.24) is 14.1 Å². The predicted octanol–water partition coefficient (Wildman–Crippen LogP) is 13.4. The van der Waals surface area contributed by atoms with Gasteiger partial charge in [0.25, 0.3) is 0 Å². The van der Waals surface area contributed by atoms with E-state index >= 15 is 0 Å². The van der Waals surface area contributed by atoms with Gasteiger partial charge in [-0.2, -0.15) is 0 Å². The lowest BCUT2D eigenvalue weighted by Gasteiger charge is -2.09. The molecule has 0 saturated heterocycles. The maximum atomic E-state index is 5.37. The van der Waals surface area contributed by atoms with Crippen LogP contribution in [0.3, 0.4) is 0 Å². The highest BCUT2D eigenvalue weighted by Crippen LogP contribution is 2.47. The van der Waals surface area contributed by atoms with E-state index < -0.39 is 0 Å². The molecule has 0 aliphatic heterocycles. The highest BCUT2D eigenvalue weighted by molar-refractivity contribution is 6.16. The van der Waals surface area contributed by atoms with E-state index in [0.717, 1.165) is 22.6 Å². The quantitative estimate of drug-likeness (QED) is 0.181. The van der Waals surface area contributed by atoms with Crippen molar-refractivity contribution in [1.29, 1.82) is 0 Å². The number of pyridine rings is 1. The zero-order valence-corrected chi connectivity index (χ0v) is 29.2. The third-order valence-corrected chi connectivity index (χ3v) is 11.4. The van der Waals surface area contributed by atoms with Crippen LogP contribution in [-0.4, -0.2) is 14.1 Å². The van der Waals surface area contributed by atoms with Crippen molar-refractivity contribution in [2.45, 2.75) is 0 Å². The van der Waals surface area contributed by atoms with Crippen LogP contribution in [0.2, 0.25) is 0 Å². The van der Waals surface area contributed by atoms with Crippen LogP contribution >= 0.6 is 0 Å². The van der Waals surface area contributed by atoms with Gasteiger partial charge < -0.3 is 9.13 Å². The minimum Gasteiger partial charge on any atom is -0.309 e. The number of nitrogens with zero attached hydrogens (tertiary/aromatic N) is 3. The molecule has 250 valence electrons. The zero-order chi connectivity index (χ0) is 35.3. The van der Waals surface area contributed by atoms with Crippen LogP contribution in [0.5, 0.6) is 0 Å². The van der Waals surface area contributed by atoms with Crippen molar-refractivity contribution in [2.75, 3.05) is 0 Å². The van der Waals surface area contributed by atoms with Gasteiger partial charge in [0.15, 0.2) is 0 Å². The highest BCUT2D eigenvalue weighted by atomic mass is 15.0. The van der Waals surface area contributed by atoms with Gasteiger partial charge in [0.05, 0.1) is 33.5 Å². The van der Waals surface area contributed by atoms with E-state index in [1.807, 2.05) is 0 Å². The average Bonchev–Trinajstić information content (AvgIpc) is 3.87. The van der Waals surface area contributed by atoms with Crippen LogP contribution in [0.15, 0.2) is 188 Å². The number of benzene rings is 8. The van der Waals surface area contributed by atoms with Crippen LogP contribution in [0.4, 0.5) is 0 Å². The Balaban J connectivity index is 1.07. The van der Waals surface area contributed by atoms with Gasteiger partial charge in [0.1, 0.15) is 0 Å². The van der Waals surface area contributed by atoms with Crippen LogP contribution in [0.1, 0.15) is 0 Å². The van der Waals surface area contributed by atoms with Gasteiger partial charge in [-0.1, -0.05) is 115 Å².